The smallest absolute Gasteiger partial charge is 0.339 e. The molecule has 1 unspecified atom stereocenters. The highest BCUT2D eigenvalue weighted by molar-refractivity contribution is 7.17. The van der Waals surface area contributed by atoms with E-state index >= 15 is 0 Å². The summed E-state index contributed by atoms with van der Waals surface area (Å²) in [7, 11) is 0. The van der Waals surface area contributed by atoms with Crippen LogP contribution in [-0.4, -0.2) is 17.5 Å². The average Bonchev–Trinajstić information content (AvgIpc) is 3.03. The van der Waals surface area contributed by atoms with Crippen LogP contribution < -0.4 is 5.32 Å². The van der Waals surface area contributed by atoms with Crippen LogP contribution in [0.4, 0.5) is 0 Å². The van der Waals surface area contributed by atoms with Gasteiger partial charge in [0.25, 0.3) is 5.91 Å². The van der Waals surface area contributed by atoms with Crippen LogP contribution in [-0.2, 0) is 22.5 Å². The molecule has 1 aliphatic heterocycles. The number of hydrogen-bond donors (Lipinski definition) is 1. The number of amides is 1. The maximum absolute atomic E-state index is 12.7. The molecular weight excluding hydrogens is 334 g/mol. The monoisotopic (exact) mass is 351 g/mol. The van der Waals surface area contributed by atoms with E-state index in [4.69, 9.17) is 4.74 Å². The molecule has 2 aromatic carbocycles. The van der Waals surface area contributed by atoms with Crippen LogP contribution >= 0.6 is 11.3 Å². The summed E-state index contributed by atoms with van der Waals surface area (Å²) in [5.74, 6) is -0.717. The molecule has 4 nitrogen and oxygen atoms in total. The number of thiophene rings is 1. The van der Waals surface area contributed by atoms with Crippen LogP contribution in [0.2, 0.25) is 0 Å². The third-order valence-corrected chi connectivity index (χ3v) is 5.58. The molecule has 0 aliphatic carbocycles. The number of nitrogens with one attached hydrogen (secondary N) is 1. The molecule has 5 heteroatoms. The number of hydrogen-bond acceptors (Lipinski definition) is 4. The highest BCUT2D eigenvalue weighted by atomic mass is 32.1. The summed E-state index contributed by atoms with van der Waals surface area (Å²) < 4.78 is 6.66. The molecule has 4 rings (SSSR count). The molecule has 3 aromatic rings. The first kappa shape index (κ1) is 15.8. The topological polar surface area (TPSA) is 55.4 Å². The Kier molecular flexibility index (Phi) is 3.81. The first-order valence-corrected chi connectivity index (χ1v) is 8.99. The molecule has 25 heavy (non-hydrogen) atoms. The summed E-state index contributed by atoms with van der Waals surface area (Å²) in [6.07, 6.45) is 0.380. The second-order valence-electron chi connectivity index (χ2n) is 6.39. The van der Waals surface area contributed by atoms with Gasteiger partial charge in [0.2, 0.25) is 0 Å². The van der Waals surface area contributed by atoms with E-state index in [2.05, 4.69) is 16.8 Å². The lowest BCUT2D eigenvalue weighted by molar-refractivity contribution is -0.139. The molecule has 1 N–H and O–H groups in total. The maximum atomic E-state index is 12.7. The number of cyclic esters (lactones) is 1. The highest BCUT2D eigenvalue weighted by Gasteiger charge is 2.42. The van der Waals surface area contributed by atoms with Crippen LogP contribution in [0.3, 0.4) is 0 Å². The lowest BCUT2D eigenvalue weighted by Crippen LogP contribution is -2.51. The number of fused-ring (bicyclic) bond motifs is 2. The van der Waals surface area contributed by atoms with Crippen molar-refractivity contribution >= 4 is 33.3 Å². The maximum Gasteiger partial charge on any atom is 0.339 e. The van der Waals surface area contributed by atoms with Crippen LogP contribution in [0.1, 0.15) is 28.4 Å². The van der Waals surface area contributed by atoms with Crippen molar-refractivity contribution in [2.45, 2.75) is 25.5 Å². The first-order valence-electron chi connectivity index (χ1n) is 8.11. The minimum Gasteiger partial charge on any atom is -0.445 e. The van der Waals surface area contributed by atoms with Crippen molar-refractivity contribution in [2.75, 3.05) is 0 Å². The normalized spacial score (nSPS) is 19.3. The predicted molar refractivity (Wildman–Crippen MR) is 97.6 cm³/mol. The largest absolute Gasteiger partial charge is 0.445 e. The zero-order valence-electron chi connectivity index (χ0n) is 13.7. The molecule has 0 fully saturated rings. The lowest BCUT2D eigenvalue weighted by atomic mass is 9.89. The zero-order chi connectivity index (χ0) is 17.4. The number of ether oxygens (including phenoxy) is 1. The van der Waals surface area contributed by atoms with Crippen molar-refractivity contribution in [3.8, 4) is 0 Å². The molecule has 0 saturated carbocycles. The van der Waals surface area contributed by atoms with Gasteiger partial charge in [-0.3, -0.25) is 4.79 Å². The fraction of sp³-hybridized carbons (Fsp3) is 0.200. The Morgan fingerprint density at radius 2 is 1.96 bits per heavy atom. The van der Waals surface area contributed by atoms with Crippen LogP contribution in [0.5, 0.6) is 0 Å². The van der Waals surface area contributed by atoms with E-state index in [9.17, 15) is 9.59 Å². The third kappa shape index (κ3) is 2.81. The molecule has 1 aromatic heterocycles. The van der Waals surface area contributed by atoms with Gasteiger partial charge in [-0.15, -0.1) is 11.3 Å². The Labute approximate surface area is 149 Å². The predicted octanol–water partition coefficient (Wildman–Crippen LogP) is 3.69. The molecule has 0 spiro atoms. The Bertz CT molecular complexity index is 978. The van der Waals surface area contributed by atoms with Crippen molar-refractivity contribution in [3.05, 3.63) is 70.6 Å². The standard InChI is InChI=1S/C20H17NO3S/c1-20(10-13-6-2-3-8-16(13)18(22)24-20)19(23)21-11-14-12-25-17-9-5-4-7-15(14)17/h2-9,12H,10-11H2,1H3,(H,21,23). The Balaban J connectivity index is 1.52. The average molecular weight is 351 g/mol. The summed E-state index contributed by atoms with van der Waals surface area (Å²) in [6, 6.07) is 15.4. The fourth-order valence-electron chi connectivity index (χ4n) is 3.19. The van der Waals surface area contributed by atoms with E-state index in [-0.39, 0.29) is 5.91 Å². The lowest BCUT2D eigenvalue weighted by Gasteiger charge is -2.33. The van der Waals surface area contributed by atoms with Gasteiger partial charge in [-0.05, 0) is 40.9 Å². The molecule has 1 aliphatic rings. The molecule has 0 bridgehead atoms. The van der Waals surface area contributed by atoms with Gasteiger partial charge in [0.15, 0.2) is 5.60 Å². The molecule has 2 heterocycles. The van der Waals surface area contributed by atoms with E-state index < -0.39 is 11.6 Å². The SMILES string of the molecule is CC1(C(=O)NCc2csc3ccccc23)Cc2ccccc2C(=O)O1. The van der Waals surface area contributed by atoms with Gasteiger partial charge >= 0.3 is 5.97 Å². The molecule has 0 radical (unpaired) electrons. The van der Waals surface area contributed by atoms with E-state index in [1.54, 1.807) is 30.4 Å². The number of carbonyl (C=O) groups is 2. The second-order valence-corrected chi connectivity index (χ2v) is 7.31. The van der Waals surface area contributed by atoms with Crippen LogP contribution in [0.25, 0.3) is 10.1 Å². The number of benzene rings is 2. The van der Waals surface area contributed by atoms with Crippen molar-refractivity contribution in [2.24, 2.45) is 0 Å². The highest BCUT2D eigenvalue weighted by Crippen LogP contribution is 2.29. The van der Waals surface area contributed by atoms with E-state index in [1.165, 1.54) is 4.70 Å². The first-order chi connectivity index (χ1) is 12.1. The van der Waals surface area contributed by atoms with Gasteiger partial charge in [-0.1, -0.05) is 36.4 Å². The van der Waals surface area contributed by atoms with Crippen molar-refractivity contribution in [3.63, 3.8) is 0 Å². The second kappa shape index (κ2) is 6.01. The molecular formula is C20H17NO3S. The van der Waals surface area contributed by atoms with Gasteiger partial charge in [0.1, 0.15) is 0 Å². The summed E-state index contributed by atoms with van der Waals surface area (Å²) >= 11 is 1.65. The quantitative estimate of drug-likeness (QED) is 0.732. The van der Waals surface area contributed by atoms with Gasteiger partial charge in [0.05, 0.1) is 5.56 Å². The zero-order valence-corrected chi connectivity index (χ0v) is 14.6. The van der Waals surface area contributed by atoms with Crippen molar-refractivity contribution < 1.29 is 14.3 Å². The van der Waals surface area contributed by atoms with E-state index in [1.807, 2.05) is 30.3 Å². The molecule has 126 valence electrons. The van der Waals surface area contributed by atoms with Crippen molar-refractivity contribution in [1.82, 2.24) is 5.32 Å². The minimum atomic E-state index is -1.18. The summed E-state index contributed by atoms with van der Waals surface area (Å²) in [4.78, 5) is 24.9. The number of rotatable bonds is 3. The molecule has 1 atom stereocenters. The van der Waals surface area contributed by atoms with Gasteiger partial charge in [0, 0.05) is 17.7 Å². The van der Waals surface area contributed by atoms with Gasteiger partial charge in [-0.25, -0.2) is 4.79 Å². The molecule has 1 amide bonds. The number of esters is 1. The summed E-state index contributed by atoms with van der Waals surface area (Å²) in [5, 5.41) is 6.12. The number of carbonyl (C=O) groups excluding carboxylic acids is 2. The van der Waals surface area contributed by atoms with Gasteiger partial charge in [-0.2, -0.15) is 0 Å². The Morgan fingerprint density at radius 1 is 1.20 bits per heavy atom. The third-order valence-electron chi connectivity index (χ3n) is 4.56. The summed E-state index contributed by atoms with van der Waals surface area (Å²) in [6.45, 7) is 2.08. The van der Waals surface area contributed by atoms with Crippen LogP contribution in [0.15, 0.2) is 53.9 Å². The molecule has 0 saturated heterocycles. The van der Waals surface area contributed by atoms with Crippen LogP contribution in [0, 0.1) is 0 Å². The fourth-order valence-corrected chi connectivity index (χ4v) is 4.15. The van der Waals surface area contributed by atoms with E-state index in [0.29, 0.717) is 18.5 Å². The summed E-state index contributed by atoms with van der Waals surface area (Å²) in [5.41, 5.74) is 1.27. The van der Waals surface area contributed by atoms with Crippen molar-refractivity contribution in [1.29, 1.82) is 0 Å². The van der Waals surface area contributed by atoms with Gasteiger partial charge < -0.3 is 10.1 Å². The minimum absolute atomic E-state index is 0.273. The Hall–Kier alpha value is -2.66. The Morgan fingerprint density at radius 3 is 2.84 bits per heavy atom. The van der Waals surface area contributed by atoms with E-state index in [0.717, 1.165) is 16.5 Å².